The molecule has 0 amide bonds. The minimum absolute atomic E-state index is 0.0110. The van der Waals surface area contributed by atoms with Crippen molar-refractivity contribution in [3.63, 3.8) is 0 Å². The third kappa shape index (κ3) is 2.84. The molecular formula is C14H17NO3. The van der Waals surface area contributed by atoms with Gasteiger partial charge in [-0.25, -0.2) is 0 Å². The first-order valence-corrected chi connectivity index (χ1v) is 5.88. The maximum atomic E-state index is 9.45. The first-order chi connectivity index (χ1) is 8.56. The van der Waals surface area contributed by atoms with Gasteiger partial charge in [-0.2, -0.15) is 0 Å². The van der Waals surface area contributed by atoms with Gasteiger partial charge >= 0.3 is 0 Å². The predicted octanol–water partition coefficient (Wildman–Crippen LogP) is 3.10. The van der Waals surface area contributed by atoms with Gasteiger partial charge in [-0.05, 0) is 43.7 Å². The number of phenolic OH excluding ortho intramolecular Hbond substituents is 2. The molecule has 96 valence electrons. The van der Waals surface area contributed by atoms with Gasteiger partial charge in [0.1, 0.15) is 17.3 Å². The van der Waals surface area contributed by atoms with Crippen molar-refractivity contribution in [3.8, 4) is 11.5 Å². The van der Waals surface area contributed by atoms with Gasteiger partial charge in [0.2, 0.25) is 0 Å². The molecule has 0 spiro atoms. The number of hydrogen-bond acceptors (Lipinski definition) is 4. The standard InChI is InChI=1S/C14H17NO3/c1-9(11-6-12(16)8-13(17)7-11)15-10(2)14-4-3-5-18-14/h3-10,15-17H,1-2H3/t9?,10-/m0/s1. The third-order valence-corrected chi connectivity index (χ3v) is 2.89. The minimum atomic E-state index is -0.0110. The second-order valence-corrected chi connectivity index (χ2v) is 4.41. The van der Waals surface area contributed by atoms with Crippen molar-refractivity contribution in [2.75, 3.05) is 0 Å². The quantitative estimate of drug-likeness (QED) is 0.776. The number of nitrogens with one attached hydrogen (secondary N) is 1. The first kappa shape index (κ1) is 12.5. The summed E-state index contributed by atoms with van der Waals surface area (Å²) in [5, 5.41) is 22.2. The molecule has 4 heteroatoms. The molecule has 0 aliphatic heterocycles. The number of aromatic hydroxyl groups is 2. The Morgan fingerprint density at radius 1 is 1.06 bits per heavy atom. The van der Waals surface area contributed by atoms with Gasteiger partial charge in [-0.15, -0.1) is 0 Å². The number of rotatable bonds is 4. The molecule has 0 bridgehead atoms. The highest BCUT2D eigenvalue weighted by atomic mass is 16.3. The van der Waals surface area contributed by atoms with Crippen LogP contribution in [0.5, 0.6) is 11.5 Å². The Morgan fingerprint density at radius 3 is 2.28 bits per heavy atom. The van der Waals surface area contributed by atoms with Gasteiger partial charge in [-0.3, -0.25) is 0 Å². The molecule has 0 saturated heterocycles. The zero-order valence-corrected chi connectivity index (χ0v) is 10.4. The molecule has 3 N–H and O–H groups in total. The lowest BCUT2D eigenvalue weighted by molar-refractivity contribution is 0.400. The first-order valence-electron chi connectivity index (χ1n) is 5.88. The summed E-state index contributed by atoms with van der Waals surface area (Å²) in [6, 6.07) is 8.37. The average molecular weight is 247 g/mol. The van der Waals surface area contributed by atoms with E-state index >= 15 is 0 Å². The molecule has 2 atom stereocenters. The monoisotopic (exact) mass is 247 g/mol. The van der Waals surface area contributed by atoms with Crippen molar-refractivity contribution in [1.82, 2.24) is 5.32 Å². The van der Waals surface area contributed by atoms with Gasteiger partial charge < -0.3 is 19.9 Å². The molecule has 0 saturated carbocycles. The third-order valence-electron chi connectivity index (χ3n) is 2.89. The zero-order valence-electron chi connectivity index (χ0n) is 10.4. The Labute approximate surface area is 106 Å². The van der Waals surface area contributed by atoms with Gasteiger partial charge in [0, 0.05) is 12.1 Å². The Kier molecular flexibility index (Phi) is 3.58. The van der Waals surface area contributed by atoms with E-state index < -0.39 is 0 Å². The van der Waals surface area contributed by atoms with Crippen LogP contribution in [-0.4, -0.2) is 10.2 Å². The molecule has 18 heavy (non-hydrogen) atoms. The smallest absolute Gasteiger partial charge is 0.120 e. The van der Waals surface area contributed by atoms with E-state index in [1.807, 2.05) is 26.0 Å². The molecular weight excluding hydrogens is 230 g/mol. The van der Waals surface area contributed by atoms with E-state index in [2.05, 4.69) is 5.32 Å². The van der Waals surface area contributed by atoms with Crippen LogP contribution in [0, 0.1) is 0 Å². The van der Waals surface area contributed by atoms with E-state index in [0.29, 0.717) is 0 Å². The average Bonchev–Trinajstić information content (AvgIpc) is 2.80. The topological polar surface area (TPSA) is 65.6 Å². The van der Waals surface area contributed by atoms with Crippen LogP contribution in [0.3, 0.4) is 0 Å². The Balaban J connectivity index is 2.09. The van der Waals surface area contributed by atoms with E-state index in [0.717, 1.165) is 11.3 Å². The molecule has 0 fully saturated rings. The fourth-order valence-electron chi connectivity index (χ4n) is 1.96. The van der Waals surface area contributed by atoms with Crippen molar-refractivity contribution < 1.29 is 14.6 Å². The largest absolute Gasteiger partial charge is 0.508 e. The lowest BCUT2D eigenvalue weighted by atomic mass is 10.1. The van der Waals surface area contributed by atoms with Crippen LogP contribution in [0.2, 0.25) is 0 Å². The van der Waals surface area contributed by atoms with Gasteiger partial charge in [0.15, 0.2) is 0 Å². The number of phenols is 2. The van der Waals surface area contributed by atoms with Gasteiger partial charge in [0.05, 0.1) is 12.3 Å². The van der Waals surface area contributed by atoms with Crippen molar-refractivity contribution in [2.24, 2.45) is 0 Å². The maximum Gasteiger partial charge on any atom is 0.120 e. The normalized spacial score (nSPS) is 14.3. The van der Waals surface area contributed by atoms with Crippen molar-refractivity contribution in [2.45, 2.75) is 25.9 Å². The lowest BCUT2D eigenvalue weighted by Crippen LogP contribution is -2.22. The van der Waals surface area contributed by atoms with Crippen LogP contribution in [0.1, 0.15) is 37.3 Å². The van der Waals surface area contributed by atoms with Crippen LogP contribution in [-0.2, 0) is 0 Å². The van der Waals surface area contributed by atoms with E-state index in [-0.39, 0.29) is 23.6 Å². The van der Waals surface area contributed by atoms with Crippen LogP contribution in [0.25, 0.3) is 0 Å². The summed E-state index contributed by atoms with van der Waals surface area (Å²) >= 11 is 0. The number of hydrogen-bond donors (Lipinski definition) is 3. The second-order valence-electron chi connectivity index (χ2n) is 4.41. The molecule has 1 unspecified atom stereocenters. The van der Waals surface area contributed by atoms with Crippen LogP contribution < -0.4 is 5.32 Å². The summed E-state index contributed by atoms with van der Waals surface area (Å²) in [7, 11) is 0. The maximum absolute atomic E-state index is 9.45. The van der Waals surface area contributed by atoms with Gasteiger partial charge in [0.25, 0.3) is 0 Å². The number of furan rings is 1. The molecule has 2 aromatic rings. The molecule has 0 aliphatic carbocycles. The van der Waals surface area contributed by atoms with E-state index in [9.17, 15) is 10.2 Å². The van der Waals surface area contributed by atoms with Crippen LogP contribution >= 0.6 is 0 Å². The number of benzene rings is 1. The molecule has 0 aliphatic rings. The molecule has 1 aromatic heterocycles. The molecule has 0 radical (unpaired) electrons. The summed E-state index contributed by atoms with van der Waals surface area (Å²) in [6.07, 6.45) is 1.64. The molecule has 4 nitrogen and oxygen atoms in total. The Hall–Kier alpha value is -1.94. The Morgan fingerprint density at radius 2 is 1.72 bits per heavy atom. The SMILES string of the molecule is CC(N[C@@H](C)c1ccco1)c1cc(O)cc(O)c1. The lowest BCUT2D eigenvalue weighted by Gasteiger charge is -2.19. The Bertz CT molecular complexity index is 488. The van der Waals surface area contributed by atoms with Crippen molar-refractivity contribution in [3.05, 3.63) is 47.9 Å². The van der Waals surface area contributed by atoms with Crippen LogP contribution in [0.4, 0.5) is 0 Å². The fraction of sp³-hybridized carbons (Fsp3) is 0.286. The van der Waals surface area contributed by atoms with E-state index in [1.165, 1.54) is 6.07 Å². The van der Waals surface area contributed by atoms with Crippen molar-refractivity contribution >= 4 is 0 Å². The summed E-state index contributed by atoms with van der Waals surface area (Å²) in [5.41, 5.74) is 0.825. The highest BCUT2D eigenvalue weighted by molar-refractivity contribution is 5.38. The predicted molar refractivity (Wildman–Crippen MR) is 68.4 cm³/mol. The second kappa shape index (κ2) is 5.14. The molecule has 2 rings (SSSR count). The van der Waals surface area contributed by atoms with Crippen LogP contribution in [0.15, 0.2) is 41.0 Å². The highest BCUT2D eigenvalue weighted by Crippen LogP contribution is 2.26. The molecule has 1 heterocycles. The fourth-order valence-corrected chi connectivity index (χ4v) is 1.96. The zero-order chi connectivity index (χ0) is 13.1. The highest BCUT2D eigenvalue weighted by Gasteiger charge is 2.14. The van der Waals surface area contributed by atoms with E-state index in [4.69, 9.17) is 4.42 Å². The summed E-state index contributed by atoms with van der Waals surface area (Å²) in [5.74, 6) is 0.972. The van der Waals surface area contributed by atoms with E-state index in [1.54, 1.807) is 18.4 Å². The summed E-state index contributed by atoms with van der Waals surface area (Å²) in [4.78, 5) is 0. The summed E-state index contributed by atoms with van der Waals surface area (Å²) < 4.78 is 5.32. The minimum Gasteiger partial charge on any atom is -0.508 e. The molecule has 1 aromatic carbocycles. The van der Waals surface area contributed by atoms with Gasteiger partial charge in [-0.1, -0.05) is 0 Å². The van der Waals surface area contributed by atoms with Crippen molar-refractivity contribution in [1.29, 1.82) is 0 Å². The summed E-state index contributed by atoms with van der Waals surface area (Å²) in [6.45, 7) is 3.96.